The molecule has 0 saturated heterocycles. The molecule has 1 saturated carbocycles. The van der Waals surface area contributed by atoms with Gasteiger partial charge in [0.05, 0.1) is 0 Å². The molecule has 1 nitrogen and oxygen atoms in total. The molecule has 1 aliphatic carbocycles. The van der Waals surface area contributed by atoms with Gasteiger partial charge in [0, 0.05) is 24.2 Å². The molecule has 0 aliphatic heterocycles. The van der Waals surface area contributed by atoms with Crippen molar-refractivity contribution >= 4 is 0 Å². The zero-order valence-electron chi connectivity index (χ0n) is 8.64. The molecule has 72 valence electrons. The van der Waals surface area contributed by atoms with E-state index in [1.807, 2.05) is 6.07 Å². The third kappa shape index (κ3) is 3.55. The Balaban J connectivity index is 2.35. The first-order valence-electron chi connectivity index (χ1n) is 5.24. The fourth-order valence-corrected chi connectivity index (χ4v) is 1.76. The maximum atomic E-state index is 8.32. The molecular weight excluding hydrogens is 170 g/mol. The van der Waals surface area contributed by atoms with Crippen LogP contribution in [-0.4, -0.2) is 0 Å². The van der Waals surface area contributed by atoms with Gasteiger partial charge in [-0.15, -0.1) is 5.92 Å². The number of nitrogens with zero attached hydrogens (tertiary/aromatic N) is 1. The first-order chi connectivity index (χ1) is 6.86. The van der Waals surface area contributed by atoms with Gasteiger partial charge >= 0.3 is 0 Å². The summed E-state index contributed by atoms with van der Waals surface area (Å²) in [6.07, 6.45) is 5.47. The first kappa shape index (κ1) is 10.7. The molecule has 0 heterocycles. The standard InChI is InChI=1S/C13H15N/c1-2-3-5-12-7-9-13(10-8-12)6-4-11-14/h12-13H,2,7-10H2,1H3. The SMILES string of the molecule is CCC#CC1CCC(C#CC#N)CC1. The molecule has 0 N–H and O–H groups in total. The summed E-state index contributed by atoms with van der Waals surface area (Å²) >= 11 is 0. The van der Waals surface area contributed by atoms with Crippen molar-refractivity contribution in [2.24, 2.45) is 11.8 Å². The van der Waals surface area contributed by atoms with Crippen LogP contribution in [0.2, 0.25) is 0 Å². The molecule has 1 fully saturated rings. The van der Waals surface area contributed by atoms with E-state index in [0.717, 1.165) is 32.1 Å². The van der Waals surface area contributed by atoms with E-state index in [-0.39, 0.29) is 0 Å². The molecule has 0 aromatic heterocycles. The van der Waals surface area contributed by atoms with Crippen LogP contribution >= 0.6 is 0 Å². The van der Waals surface area contributed by atoms with Gasteiger partial charge in [-0.3, -0.25) is 0 Å². The molecule has 0 aromatic rings. The van der Waals surface area contributed by atoms with Gasteiger partial charge in [-0.25, -0.2) is 0 Å². The van der Waals surface area contributed by atoms with Gasteiger partial charge in [0.25, 0.3) is 0 Å². The Labute approximate surface area is 86.5 Å². The topological polar surface area (TPSA) is 23.8 Å². The number of nitriles is 1. The summed E-state index contributed by atoms with van der Waals surface area (Å²) in [5.74, 6) is 12.9. The highest BCUT2D eigenvalue weighted by Gasteiger charge is 2.17. The van der Waals surface area contributed by atoms with E-state index in [1.54, 1.807) is 0 Å². The third-order valence-corrected chi connectivity index (χ3v) is 2.54. The third-order valence-electron chi connectivity index (χ3n) is 2.54. The van der Waals surface area contributed by atoms with Gasteiger partial charge in [0.2, 0.25) is 0 Å². The molecule has 1 rings (SSSR count). The normalized spacial score (nSPS) is 24.9. The molecular formula is C13H15N. The molecule has 1 aliphatic rings. The summed E-state index contributed by atoms with van der Waals surface area (Å²) in [5.41, 5.74) is 0. The maximum Gasteiger partial charge on any atom is 0.152 e. The lowest BCUT2D eigenvalue weighted by Crippen LogP contribution is -2.11. The van der Waals surface area contributed by atoms with Gasteiger partial charge < -0.3 is 0 Å². The second-order valence-electron chi connectivity index (χ2n) is 3.60. The molecule has 0 radical (unpaired) electrons. The maximum absolute atomic E-state index is 8.32. The Morgan fingerprint density at radius 2 is 1.64 bits per heavy atom. The predicted octanol–water partition coefficient (Wildman–Crippen LogP) is 2.73. The highest BCUT2D eigenvalue weighted by Crippen LogP contribution is 2.27. The molecule has 0 aromatic carbocycles. The first-order valence-corrected chi connectivity index (χ1v) is 5.24. The summed E-state index contributed by atoms with van der Waals surface area (Å²) < 4.78 is 0. The number of rotatable bonds is 0. The molecule has 0 amide bonds. The van der Waals surface area contributed by atoms with Crippen molar-refractivity contribution in [2.75, 3.05) is 0 Å². The summed E-state index contributed by atoms with van der Waals surface area (Å²) in [4.78, 5) is 0. The van der Waals surface area contributed by atoms with Gasteiger partial charge in [-0.1, -0.05) is 18.8 Å². The Hall–Kier alpha value is -1.39. The quantitative estimate of drug-likeness (QED) is 0.532. The second kappa shape index (κ2) is 6.12. The van der Waals surface area contributed by atoms with Crippen LogP contribution in [0.1, 0.15) is 39.0 Å². The second-order valence-corrected chi connectivity index (χ2v) is 3.60. The Morgan fingerprint density at radius 3 is 2.14 bits per heavy atom. The summed E-state index contributed by atoms with van der Waals surface area (Å²) in [7, 11) is 0. The van der Waals surface area contributed by atoms with Gasteiger partial charge in [-0.05, 0) is 25.7 Å². The summed E-state index contributed by atoms with van der Waals surface area (Å²) in [6.45, 7) is 2.08. The highest BCUT2D eigenvalue weighted by atomic mass is 14.2. The number of hydrogen-bond donors (Lipinski definition) is 0. The van der Waals surface area contributed by atoms with Gasteiger partial charge in [0.15, 0.2) is 6.07 Å². The zero-order valence-corrected chi connectivity index (χ0v) is 8.64. The van der Waals surface area contributed by atoms with Crippen LogP contribution in [0.3, 0.4) is 0 Å². The minimum atomic E-state index is 0.439. The van der Waals surface area contributed by atoms with Crippen LogP contribution in [0, 0.1) is 46.8 Å². The van der Waals surface area contributed by atoms with Crippen molar-refractivity contribution in [3.63, 3.8) is 0 Å². The van der Waals surface area contributed by atoms with Gasteiger partial charge in [0.1, 0.15) is 0 Å². The van der Waals surface area contributed by atoms with E-state index in [4.69, 9.17) is 5.26 Å². The molecule has 14 heavy (non-hydrogen) atoms. The predicted molar refractivity (Wildman–Crippen MR) is 56.9 cm³/mol. The van der Waals surface area contributed by atoms with Crippen molar-refractivity contribution in [2.45, 2.75) is 39.0 Å². The monoisotopic (exact) mass is 185 g/mol. The van der Waals surface area contributed by atoms with E-state index >= 15 is 0 Å². The van der Waals surface area contributed by atoms with Crippen LogP contribution in [0.25, 0.3) is 0 Å². The summed E-state index contributed by atoms with van der Waals surface area (Å²) in [6, 6.07) is 1.87. The molecule has 0 atom stereocenters. The van der Waals surface area contributed by atoms with Crippen molar-refractivity contribution in [3.05, 3.63) is 0 Å². The lowest BCUT2D eigenvalue weighted by atomic mass is 9.82. The molecule has 0 unspecified atom stereocenters. The minimum Gasteiger partial charge on any atom is -0.183 e. The Kier molecular flexibility index (Phi) is 4.68. The van der Waals surface area contributed by atoms with Crippen molar-refractivity contribution in [3.8, 4) is 29.8 Å². The fraction of sp³-hybridized carbons (Fsp3) is 0.615. The smallest absolute Gasteiger partial charge is 0.152 e. The van der Waals surface area contributed by atoms with Crippen LogP contribution in [0.5, 0.6) is 0 Å². The summed E-state index contributed by atoms with van der Waals surface area (Å²) in [5, 5.41) is 8.32. The van der Waals surface area contributed by atoms with E-state index in [2.05, 4.69) is 30.6 Å². The largest absolute Gasteiger partial charge is 0.183 e. The average Bonchev–Trinajstić information content (AvgIpc) is 2.25. The van der Waals surface area contributed by atoms with Crippen LogP contribution < -0.4 is 0 Å². The highest BCUT2D eigenvalue weighted by molar-refractivity contribution is 5.19. The van der Waals surface area contributed by atoms with Crippen molar-refractivity contribution < 1.29 is 0 Å². The lowest BCUT2D eigenvalue weighted by molar-refractivity contribution is 0.373. The molecule has 0 bridgehead atoms. The number of hydrogen-bond acceptors (Lipinski definition) is 1. The van der Waals surface area contributed by atoms with E-state index in [1.165, 1.54) is 0 Å². The zero-order chi connectivity index (χ0) is 10.2. The Morgan fingerprint density at radius 1 is 1.07 bits per heavy atom. The van der Waals surface area contributed by atoms with E-state index in [0.29, 0.717) is 11.8 Å². The van der Waals surface area contributed by atoms with Crippen molar-refractivity contribution in [1.82, 2.24) is 0 Å². The van der Waals surface area contributed by atoms with Crippen LogP contribution in [0.4, 0.5) is 0 Å². The van der Waals surface area contributed by atoms with Crippen LogP contribution in [0.15, 0.2) is 0 Å². The van der Waals surface area contributed by atoms with E-state index in [9.17, 15) is 0 Å². The minimum absolute atomic E-state index is 0.439. The van der Waals surface area contributed by atoms with Crippen molar-refractivity contribution in [1.29, 1.82) is 5.26 Å². The van der Waals surface area contributed by atoms with E-state index < -0.39 is 0 Å². The molecule has 1 heteroatoms. The Bertz CT molecular complexity index is 318. The molecule has 0 spiro atoms. The lowest BCUT2D eigenvalue weighted by Gasteiger charge is -2.21. The fourth-order valence-electron chi connectivity index (χ4n) is 1.76. The van der Waals surface area contributed by atoms with Crippen LogP contribution in [-0.2, 0) is 0 Å². The van der Waals surface area contributed by atoms with Gasteiger partial charge in [-0.2, -0.15) is 5.26 Å². The average molecular weight is 185 g/mol.